The molecule has 5 nitrogen and oxygen atoms in total. The van der Waals surface area contributed by atoms with Crippen molar-refractivity contribution in [2.45, 2.75) is 19.6 Å². The molecule has 1 radical (unpaired) electrons. The number of hydrogen-bond donors (Lipinski definition) is 0. The second-order valence-corrected chi connectivity index (χ2v) is 19.8. The predicted octanol–water partition coefficient (Wildman–Crippen LogP) is 12.2. The predicted molar refractivity (Wildman–Crippen MR) is 233 cm³/mol. The van der Waals surface area contributed by atoms with Crippen LogP contribution in [0.5, 0.6) is 0 Å². The summed E-state index contributed by atoms with van der Waals surface area (Å²) in [7, 11) is -1.23. The minimum absolute atomic E-state index is 0. The molecule has 279 valence electrons. The van der Waals surface area contributed by atoms with Gasteiger partial charge in [-0.05, 0) is 46.8 Å². The van der Waals surface area contributed by atoms with Gasteiger partial charge in [-0.25, -0.2) is 4.98 Å². The van der Waals surface area contributed by atoms with Crippen molar-refractivity contribution in [3.63, 3.8) is 0 Å². The fourth-order valence-corrected chi connectivity index (χ4v) is 8.11. The second-order valence-electron chi connectivity index (χ2n) is 14.7. The van der Waals surface area contributed by atoms with Crippen molar-refractivity contribution in [1.82, 2.24) is 19.5 Å². The van der Waals surface area contributed by atoms with Gasteiger partial charge in [0, 0.05) is 48.5 Å². The Labute approximate surface area is 347 Å². The molecule has 0 atom stereocenters. The first-order valence-electron chi connectivity index (χ1n) is 18.8. The van der Waals surface area contributed by atoms with Gasteiger partial charge in [0.05, 0.1) is 36.2 Å². The molecule has 0 fully saturated rings. The number of para-hydroxylation sites is 3. The van der Waals surface area contributed by atoms with Gasteiger partial charge in [0.1, 0.15) is 0 Å². The van der Waals surface area contributed by atoms with Crippen LogP contribution in [0.3, 0.4) is 0 Å². The van der Waals surface area contributed by atoms with Crippen LogP contribution in [0, 0.1) is 12.1 Å². The summed E-state index contributed by atoms with van der Waals surface area (Å²) in [5.41, 5.74) is 11.4. The first kappa shape index (κ1) is 37.7. The third-order valence-electron chi connectivity index (χ3n) is 10.00. The van der Waals surface area contributed by atoms with Gasteiger partial charge in [0.25, 0.3) is 0 Å². The summed E-state index contributed by atoms with van der Waals surface area (Å²) in [4.78, 5) is 14.5. The zero-order valence-corrected chi connectivity index (χ0v) is 35.2. The number of pyridine rings is 2. The Morgan fingerprint density at radius 2 is 1.28 bits per heavy atom. The zero-order chi connectivity index (χ0) is 38.1. The molecular formula is C50H38IrN4OSi-2. The van der Waals surface area contributed by atoms with Crippen LogP contribution >= 0.6 is 0 Å². The maximum Gasteiger partial charge on any atom is 0.216 e. The van der Waals surface area contributed by atoms with Crippen molar-refractivity contribution in [1.29, 1.82) is 0 Å². The van der Waals surface area contributed by atoms with E-state index in [1.807, 2.05) is 85.1 Å². The molecule has 0 saturated carbocycles. The van der Waals surface area contributed by atoms with E-state index in [-0.39, 0.29) is 20.1 Å². The van der Waals surface area contributed by atoms with Gasteiger partial charge >= 0.3 is 0 Å². The van der Waals surface area contributed by atoms with Crippen molar-refractivity contribution in [2.75, 3.05) is 0 Å². The molecule has 4 aromatic heterocycles. The molecule has 0 unspecified atom stereocenters. The van der Waals surface area contributed by atoms with E-state index in [9.17, 15) is 0 Å². The summed E-state index contributed by atoms with van der Waals surface area (Å²) in [5, 5.41) is 3.36. The van der Waals surface area contributed by atoms with Gasteiger partial charge in [-0.15, -0.1) is 54.1 Å². The minimum Gasteiger partial charge on any atom is -0.486 e. The van der Waals surface area contributed by atoms with Crippen LogP contribution in [0.2, 0.25) is 19.6 Å². The summed E-state index contributed by atoms with van der Waals surface area (Å²) in [6.07, 6.45) is 2.02. The van der Waals surface area contributed by atoms with Crippen LogP contribution in [-0.4, -0.2) is 27.6 Å². The van der Waals surface area contributed by atoms with Crippen molar-refractivity contribution >= 4 is 46.4 Å². The quantitative estimate of drug-likeness (QED) is 0.123. The third-order valence-corrected chi connectivity index (χ3v) is 12.0. The molecular weight excluding hydrogens is 893 g/mol. The Morgan fingerprint density at radius 3 is 2.02 bits per heavy atom. The number of hydrogen-bond acceptors (Lipinski definition) is 4. The number of imidazole rings is 1. The summed E-state index contributed by atoms with van der Waals surface area (Å²) < 4.78 is 8.73. The molecule has 0 amide bonds. The van der Waals surface area contributed by atoms with E-state index in [2.05, 4.69) is 132 Å². The van der Waals surface area contributed by atoms with E-state index < -0.39 is 8.07 Å². The molecule has 7 heteroatoms. The van der Waals surface area contributed by atoms with Crippen LogP contribution in [0.4, 0.5) is 0 Å². The average Bonchev–Trinajstić information content (AvgIpc) is 3.83. The second kappa shape index (κ2) is 16.1. The molecule has 10 aromatic rings. The molecule has 0 bridgehead atoms. The first-order valence-corrected chi connectivity index (χ1v) is 22.3. The van der Waals surface area contributed by atoms with E-state index in [1.165, 1.54) is 5.19 Å². The smallest absolute Gasteiger partial charge is 0.216 e. The Kier molecular flexibility index (Phi) is 10.6. The van der Waals surface area contributed by atoms with Crippen molar-refractivity contribution in [3.05, 3.63) is 188 Å². The van der Waals surface area contributed by atoms with Crippen LogP contribution in [0.15, 0.2) is 180 Å². The Balaban J connectivity index is 0.000000226. The molecule has 0 aliphatic carbocycles. The van der Waals surface area contributed by atoms with Crippen molar-refractivity contribution in [2.24, 2.45) is 0 Å². The normalized spacial score (nSPS) is 11.3. The van der Waals surface area contributed by atoms with Crippen LogP contribution < -0.4 is 5.19 Å². The molecule has 0 N–H and O–H groups in total. The Bertz CT molecular complexity index is 2940. The molecule has 0 aliphatic rings. The van der Waals surface area contributed by atoms with E-state index in [4.69, 9.17) is 14.4 Å². The van der Waals surface area contributed by atoms with Gasteiger partial charge in [0.15, 0.2) is 0 Å². The summed E-state index contributed by atoms with van der Waals surface area (Å²) in [6.45, 7) is 7.00. The fourth-order valence-electron chi connectivity index (χ4n) is 7.08. The Hall–Kier alpha value is -6.24. The number of furan rings is 1. The molecule has 0 saturated heterocycles. The first-order chi connectivity index (χ1) is 27.4. The van der Waals surface area contributed by atoms with E-state index in [0.29, 0.717) is 5.71 Å². The molecule has 6 aromatic carbocycles. The number of benzene rings is 6. The molecule has 4 heterocycles. The van der Waals surface area contributed by atoms with Crippen molar-refractivity contribution < 1.29 is 24.5 Å². The summed E-state index contributed by atoms with van der Waals surface area (Å²) in [6, 6.07) is 64.3. The molecule has 0 aliphatic heterocycles. The minimum atomic E-state index is -1.23. The largest absolute Gasteiger partial charge is 0.486 e. The van der Waals surface area contributed by atoms with Crippen LogP contribution in [0.1, 0.15) is 0 Å². The van der Waals surface area contributed by atoms with Crippen molar-refractivity contribution in [3.8, 4) is 50.7 Å². The molecule has 57 heavy (non-hydrogen) atoms. The van der Waals surface area contributed by atoms with E-state index in [0.717, 1.165) is 78.1 Å². The van der Waals surface area contributed by atoms with E-state index in [1.54, 1.807) is 0 Å². The standard InChI is InChI=1S/C36H22N3O.C14H16NSi.Ir/c1-3-12-24(13-4-1)26-16-7-9-20-32(26)39-33-21-10-8-19-31(33)37-35(39)29-18-11-17-27-28-22-23-30(25-14-5-2-6-15-25)38-36(28)40-34(27)29;1-16(2,3)13-9-10-14(15-11-13)12-7-5-4-6-8-12;/h1-17,19-23H;4-7,9-11H,1-3H3;/q2*-1;. The van der Waals surface area contributed by atoms with Crippen LogP contribution in [0.25, 0.3) is 83.8 Å². The van der Waals surface area contributed by atoms with Gasteiger partial charge in [-0.2, -0.15) is 0 Å². The zero-order valence-electron chi connectivity index (χ0n) is 31.8. The maximum absolute atomic E-state index is 6.51. The topological polar surface area (TPSA) is 56.7 Å². The summed E-state index contributed by atoms with van der Waals surface area (Å²) >= 11 is 0. The Morgan fingerprint density at radius 1 is 0.579 bits per heavy atom. The number of rotatable bonds is 6. The number of fused-ring (bicyclic) bond motifs is 4. The number of nitrogens with zero attached hydrogens (tertiary/aromatic N) is 4. The maximum atomic E-state index is 6.51. The monoisotopic (exact) mass is 931 g/mol. The SMILES string of the molecule is C[Si](C)(C)c1ccc(-c2[c-]cccc2)nc1.[Ir].[c-]1ccc2c(oc3nc(-c4ccccc4)ccc32)c1-c1nc2ccccc2n1-c1ccccc1-c1ccccc1. The van der Waals surface area contributed by atoms with E-state index >= 15 is 0 Å². The van der Waals surface area contributed by atoms with Gasteiger partial charge < -0.3 is 14.0 Å². The van der Waals surface area contributed by atoms with Crippen LogP contribution in [-0.2, 0) is 20.1 Å². The molecule has 10 rings (SSSR count). The van der Waals surface area contributed by atoms with Gasteiger partial charge in [-0.1, -0.05) is 134 Å². The summed E-state index contributed by atoms with van der Waals surface area (Å²) in [5.74, 6) is 0.775. The van der Waals surface area contributed by atoms with Gasteiger partial charge in [0.2, 0.25) is 5.71 Å². The molecule has 0 spiro atoms. The number of aromatic nitrogens is 4. The fraction of sp³-hybridized carbons (Fsp3) is 0.0600. The van der Waals surface area contributed by atoms with Gasteiger partial charge in [-0.3, -0.25) is 4.98 Å². The third kappa shape index (κ3) is 7.53. The average molecular weight is 931 g/mol.